The van der Waals surface area contributed by atoms with E-state index in [4.69, 9.17) is 0 Å². The van der Waals surface area contributed by atoms with E-state index in [-0.39, 0.29) is 41.3 Å². The number of benzene rings is 1. The molecule has 8 heteroatoms. The molecule has 0 radical (unpaired) electrons. The van der Waals surface area contributed by atoms with Crippen LogP contribution in [-0.2, 0) is 4.79 Å². The van der Waals surface area contributed by atoms with E-state index in [1.807, 2.05) is 34.1 Å². The van der Waals surface area contributed by atoms with Crippen molar-refractivity contribution in [2.75, 3.05) is 44.2 Å². The second-order valence-electron chi connectivity index (χ2n) is 11.9. The molecule has 36 heavy (non-hydrogen) atoms. The highest BCUT2D eigenvalue weighted by molar-refractivity contribution is 5.83. The molecule has 2 unspecified atom stereocenters. The van der Waals surface area contributed by atoms with E-state index in [2.05, 4.69) is 16.3 Å². The number of aliphatic hydroxyl groups is 1. The summed E-state index contributed by atoms with van der Waals surface area (Å²) in [5, 5.41) is 23.3. The van der Waals surface area contributed by atoms with Gasteiger partial charge in [0.15, 0.2) is 0 Å². The van der Waals surface area contributed by atoms with E-state index in [1.165, 1.54) is 0 Å². The minimum atomic E-state index is -0.307. The van der Waals surface area contributed by atoms with Crippen molar-refractivity contribution in [3.63, 3.8) is 0 Å². The number of piperazine rings is 1. The van der Waals surface area contributed by atoms with Gasteiger partial charge in [-0.25, -0.2) is 4.79 Å². The number of aliphatic hydroxyl groups excluding tert-OH is 1. The Bertz CT molecular complexity index is 1050. The normalized spacial score (nSPS) is 35.4. The average Bonchev–Trinajstić information content (AvgIpc) is 2.91. The molecule has 2 N–H and O–H groups in total. The molecule has 2 aliphatic heterocycles. The Morgan fingerprint density at radius 2 is 1.72 bits per heavy atom. The Morgan fingerprint density at radius 1 is 1.00 bits per heavy atom. The van der Waals surface area contributed by atoms with Crippen LogP contribution in [0.1, 0.15) is 50.5 Å². The molecule has 0 spiro atoms. The third-order valence-electron chi connectivity index (χ3n) is 9.65. The van der Waals surface area contributed by atoms with Crippen molar-refractivity contribution >= 4 is 17.6 Å². The van der Waals surface area contributed by atoms with Gasteiger partial charge in [0.25, 0.3) is 0 Å². The van der Waals surface area contributed by atoms with Crippen LogP contribution < -0.4 is 10.2 Å². The molecule has 3 atom stereocenters. The monoisotopic (exact) mass is 491 g/mol. The minimum Gasteiger partial charge on any atom is -0.393 e. The number of urea groups is 1. The first-order valence-corrected chi connectivity index (χ1v) is 13.7. The quantitative estimate of drug-likeness (QED) is 0.677. The van der Waals surface area contributed by atoms with Crippen LogP contribution in [0.5, 0.6) is 0 Å². The first-order valence-electron chi connectivity index (χ1n) is 13.7. The number of para-hydroxylation sites is 1. The van der Waals surface area contributed by atoms with E-state index >= 15 is 0 Å². The van der Waals surface area contributed by atoms with Gasteiger partial charge in [-0.2, -0.15) is 5.26 Å². The fourth-order valence-electron chi connectivity index (χ4n) is 8.07. The highest BCUT2D eigenvalue weighted by Crippen LogP contribution is 2.60. The molecule has 6 fully saturated rings. The Labute approximate surface area is 213 Å². The molecule has 1 aromatic rings. The van der Waals surface area contributed by atoms with Crippen LogP contribution in [0.25, 0.3) is 0 Å². The van der Waals surface area contributed by atoms with Crippen molar-refractivity contribution in [2.45, 2.75) is 57.1 Å². The van der Waals surface area contributed by atoms with E-state index < -0.39 is 0 Å². The number of carbonyl (C=O) groups is 2. The minimum absolute atomic E-state index is 0.00285. The Morgan fingerprint density at radius 3 is 2.44 bits per heavy atom. The van der Waals surface area contributed by atoms with Crippen LogP contribution in [0.3, 0.4) is 0 Å². The number of anilines is 1. The molecule has 192 valence electrons. The van der Waals surface area contributed by atoms with Crippen LogP contribution in [0.4, 0.5) is 10.5 Å². The summed E-state index contributed by atoms with van der Waals surface area (Å²) < 4.78 is 0. The summed E-state index contributed by atoms with van der Waals surface area (Å²) in [5.41, 5.74) is 1.29. The van der Waals surface area contributed by atoms with Crippen molar-refractivity contribution in [3.05, 3.63) is 29.8 Å². The molecule has 8 nitrogen and oxygen atoms in total. The number of nitrogens with one attached hydrogen (secondary N) is 1. The predicted octanol–water partition coefficient (Wildman–Crippen LogP) is 2.57. The molecule has 4 saturated carbocycles. The molecular weight excluding hydrogens is 454 g/mol. The van der Waals surface area contributed by atoms with Crippen LogP contribution >= 0.6 is 0 Å². The van der Waals surface area contributed by atoms with Gasteiger partial charge in [0.2, 0.25) is 5.91 Å². The molecule has 2 heterocycles. The predicted molar refractivity (Wildman–Crippen MR) is 135 cm³/mol. The Hall–Kier alpha value is -2.79. The van der Waals surface area contributed by atoms with E-state index in [0.29, 0.717) is 44.2 Å². The van der Waals surface area contributed by atoms with E-state index in [0.717, 1.165) is 57.2 Å². The summed E-state index contributed by atoms with van der Waals surface area (Å²) in [4.78, 5) is 32.9. The zero-order chi connectivity index (χ0) is 24.9. The summed E-state index contributed by atoms with van der Waals surface area (Å²) in [7, 11) is 0. The lowest BCUT2D eigenvalue weighted by atomic mass is 9.48. The van der Waals surface area contributed by atoms with Crippen molar-refractivity contribution in [1.29, 1.82) is 5.26 Å². The van der Waals surface area contributed by atoms with Gasteiger partial charge in [0, 0.05) is 45.3 Å². The first-order chi connectivity index (χ1) is 17.5. The lowest BCUT2D eigenvalue weighted by Gasteiger charge is -2.58. The SMILES string of the molecule is N#Cc1ccccc1N1CCN(C(=O)N2CCC[C@H](NC(=O)C34CC5CC(C3)C(O)C(C5)C4)C2)CC1. The second-order valence-corrected chi connectivity index (χ2v) is 11.9. The fraction of sp³-hybridized carbons (Fsp3) is 0.679. The molecular formula is C28H37N5O3. The summed E-state index contributed by atoms with van der Waals surface area (Å²) in [6.07, 6.45) is 6.34. The van der Waals surface area contributed by atoms with Gasteiger partial charge in [0.05, 0.1) is 22.8 Å². The van der Waals surface area contributed by atoms with Gasteiger partial charge in [-0.1, -0.05) is 12.1 Å². The summed E-state index contributed by atoms with van der Waals surface area (Å²) in [5.74, 6) is 1.31. The first kappa shape index (κ1) is 23.6. The topological polar surface area (TPSA) is 99.9 Å². The van der Waals surface area contributed by atoms with Crippen LogP contribution in [0.15, 0.2) is 24.3 Å². The standard InChI is InChI=1S/C28H37N5O3/c29-17-20-4-1-2-6-24(20)31-8-10-32(11-9-31)27(36)33-7-3-5-23(18-33)30-26(35)28-14-19-12-21(15-28)25(34)22(13-19)16-28/h1-2,4,6,19,21-23,25,34H,3,5,7-16,18H2,(H,30,35)/t19?,21?,22?,23-,25?,28?/m0/s1. The summed E-state index contributed by atoms with van der Waals surface area (Å²) in [6.45, 7) is 3.96. The van der Waals surface area contributed by atoms with Gasteiger partial charge in [0.1, 0.15) is 6.07 Å². The van der Waals surface area contributed by atoms with Gasteiger partial charge in [-0.05, 0) is 74.8 Å². The number of rotatable bonds is 3. The smallest absolute Gasteiger partial charge is 0.320 e. The molecule has 0 aromatic heterocycles. The van der Waals surface area contributed by atoms with Crippen LogP contribution in [-0.4, -0.2) is 78.3 Å². The molecule has 2 saturated heterocycles. The molecule has 6 aliphatic rings. The number of hydrogen-bond acceptors (Lipinski definition) is 5. The number of nitrogens with zero attached hydrogens (tertiary/aromatic N) is 4. The van der Waals surface area contributed by atoms with Crippen molar-refractivity contribution in [1.82, 2.24) is 15.1 Å². The zero-order valence-corrected chi connectivity index (χ0v) is 20.9. The van der Waals surface area contributed by atoms with Gasteiger partial charge in [-0.15, -0.1) is 0 Å². The lowest BCUT2D eigenvalue weighted by molar-refractivity contribution is -0.163. The van der Waals surface area contributed by atoms with E-state index in [9.17, 15) is 20.0 Å². The van der Waals surface area contributed by atoms with Crippen molar-refractivity contribution < 1.29 is 14.7 Å². The number of carbonyl (C=O) groups excluding carboxylic acids is 2. The maximum atomic E-state index is 13.5. The van der Waals surface area contributed by atoms with Gasteiger partial charge < -0.3 is 25.1 Å². The third kappa shape index (κ3) is 4.11. The molecule has 7 rings (SSSR count). The number of piperidine rings is 1. The molecule has 3 amide bonds. The second kappa shape index (κ2) is 9.26. The van der Waals surface area contributed by atoms with Gasteiger partial charge >= 0.3 is 6.03 Å². The number of hydrogen-bond donors (Lipinski definition) is 2. The maximum absolute atomic E-state index is 13.5. The zero-order valence-electron chi connectivity index (χ0n) is 20.9. The fourth-order valence-corrected chi connectivity index (χ4v) is 8.07. The highest BCUT2D eigenvalue weighted by Gasteiger charge is 2.58. The summed E-state index contributed by atoms with van der Waals surface area (Å²) in [6, 6.07) is 9.94. The van der Waals surface area contributed by atoms with Crippen molar-refractivity contribution in [2.24, 2.45) is 23.2 Å². The lowest BCUT2D eigenvalue weighted by Crippen LogP contribution is -2.61. The summed E-state index contributed by atoms with van der Waals surface area (Å²) >= 11 is 0. The average molecular weight is 492 g/mol. The molecule has 4 aliphatic carbocycles. The maximum Gasteiger partial charge on any atom is 0.320 e. The number of nitriles is 1. The van der Waals surface area contributed by atoms with Crippen LogP contribution in [0, 0.1) is 34.5 Å². The van der Waals surface area contributed by atoms with Crippen LogP contribution in [0.2, 0.25) is 0 Å². The molecule has 1 aromatic carbocycles. The number of likely N-dealkylation sites (tertiary alicyclic amines) is 1. The van der Waals surface area contributed by atoms with Crippen molar-refractivity contribution in [3.8, 4) is 6.07 Å². The van der Waals surface area contributed by atoms with E-state index in [1.54, 1.807) is 0 Å². The highest BCUT2D eigenvalue weighted by atomic mass is 16.3. The Balaban J connectivity index is 1.04. The third-order valence-corrected chi connectivity index (χ3v) is 9.65. The number of amides is 3. The largest absolute Gasteiger partial charge is 0.393 e. The molecule has 4 bridgehead atoms. The van der Waals surface area contributed by atoms with Gasteiger partial charge in [-0.3, -0.25) is 4.79 Å². The Kier molecular flexibility index (Phi) is 6.07.